The van der Waals surface area contributed by atoms with Gasteiger partial charge in [0, 0.05) is 13.2 Å². The minimum absolute atomic E-state index is 0.306. The van der Waals surface area contributed by atoms with Gasteiger partial charge in [0.15, 0.2) is 0 Å². The first-order chi connectivity index (χ1) is 11.0. The number of aromatic nitrogens is 3. The summed E-state index contributed by atoms with van der Waals surface area (Å²) in [4.78, 5) is 12.5. The fourth-order valence-electron chi connectivity index (χ4n) is 2.16. The highest BCUT2D eigenvalue weighted by molar-refractivity contribution is 9.10. The Morgan fingerprint density at radius 1 is 1.30 bits per heavy atom. The van der Waals surface area contributed by atoms with Gasteiger partial charge in [0.1, 0.15) is 10.8 Å². The lowest BCUT2D eigenvalue weighted by Crippen LogP contribution is -2.17. The zero-order valence-electron chi connectivity index (χ0n) is 11.9. The maximum atomic E-state index is 12.5. The molecular formula is C15H11BrCl2N4O. The molecule has 0 fully saturated rings. The normalized spacial score (nSPS) is 10.8. The Hall–Kier alpha value is -1.76. The molecule has 1 amide bonds. The Balaban J connectivity index is 1.94. The number of carbonyl (C=O) groups excluding carboxylic acids is 1. The zero-order valence-corrected chi connectivity index (χ0v) is 15.0. The molecule has 0 atom stereocenters. The fourth-order valence-corrected chi connectivity index (χ4v) is 2.82. The molecule has 1 aromatic carbocycles. The molecule has 0 radical (unpaired) electrons. The number of carbonyl (C=O) groups is 1. The summed E-state index contributed by atoms with van der Waals surface area (Å²) in [5.41, 5.74) is 1.75. The molecule has 5 nitrogen and oxygen atoms in total. The number of hydrogen-bond acceptors (Lipinski definition) is 2. The summed E-state index contributed by atoms with van der Waals surface area (Å²) in [6.45, 7) is 0. The lowest BCUT2D eigenvalue weighted by molar-refractivity contribution is 0.101. The van der Waals surface area contributed by atoms with E-state index in [1.54, 1.807) is 30.2 Å². The van der Waals surface area contributed by atoms with Crippen molar-refractivity contribution >= 4 is 50.7 Å². The summed E-state index contributed by atoms with van der Waals surface area (Å²) in [5.74, 6) is -0.306. The van der Waals surface area contributed by atoms with Gasteiger partial charge in [0.05, 0.1) is 27.1 Å². The SMILES string of the molecule is Cn1c(C(=O)Nc2ccccc2-n2cc(Br)cn2)cc(Cl)c1Cl. The molecule has 0 saturated carbocycles. The second kappa shape index (κ2) is 6.39. The van der Waals surface area contributed by atoms with E-state index < -0.39 is 0 Å². The summed E-state index contributed by atoms with van der Waals surface area (Å²) in [6, 6.07) is 8.90. The van der Waals surface area contributed by atoms with Gasteiger partial charge in [-0.3, -0.25) is 4.79 Å². The highest BCUT2D eigenvalue weighted by Gasteiger charge is 2.17. The van der Waals surface area contributed by atoms with Gasteiger partial charge < -0.3 is 9.88 Å². The third kappa shape index (κ3) is 3.15. The van der Waals surface area contributed by atoms with Crippen LogP contribution in [0, 0.1) is 0 Å². The van der Waals surface area contributed by atoms with Gasteiger partial charge in [-0.25, -0.2) is 4.68 Å². The van der Waals surface area contributed by atoms with Gasteiger partial charge in [-0.15, -0.1) is 0 Å². The van der Waals surface area contributed by atoms with Crippen LogP contribution >= 0.6 is 39.1 Å². The third-order valence-corrected chi connectivity index (χ3v) is 4.55. The molecule has 23 heavy (non-hydrogen) atoms. The van der Waals surface area contributed by atoms with Crippen LogP contribution in [0.15, 0.2) is 47.2 Å². The Morgan fingerprint density at radius 2 is 2.04 bits per heavy atom. The van der Waals surface area contributed by atoms with E-state index in [4.69, 9.17) is 23.2 Å². The van der Waals surface area contributed by atoms with E-state index in [1.807, 2.05) is 18.2 Å². The van der Waals surface area contributed by atoms with Crippen LogP contribution in [0.4, 0.5) is 5.69 Å². The van der Waals surface area contributed by atoms with Crippen LogP contribution in [0.25, 0.3) is 5.69 Å². The minimum atomic E-state index is -0.306. The van der Waals surface area contributed by atoms with Crippen LogP contribution < -0.4 is 5.32 Å². The average molecular weight is 414 g/mol. The van der Waals surface area contributed by atoms with Crippen LogP contribution in [0.5, 0.6) is 0 Å². The van der Waals surface area contributed by atoms with Crippen molar-refractivity contribution in [2.45, 2.75) is 0 Å². The molecule has 3 rings (SSSR count). The number of hydrogen-bond donors (Lipinski definition) is 1. The molecule has 0 unspecified atom stereocenters. The molecule has 0 spiro atoms. The van der Waals surface area contributed by atoms with Crippen molar-refractivity contribution in [1.29, 1.82) is 0 Å². The average Bonchev–Trinajstić information content (AvgIpc) is 3.07. The van der Waals surface area contributed by atoms with E-state index in [9.17, 15) is 4.79 Å². The van der Waals surface area contributed by atoms with Crippen molar-refractivity contribution in [3.63, 3.8) is 0 Å². The van der Waals surface area contributed by atoms with E-state index in [0.29, 0.717) is 21.6 Å². The number of para-hydroxylation sites is 2. The van der Waals surface area contributed by atoms with Crippen molar-refractivity contribution in [1.82, 2.24) is 14.3 Å². The van der Waals surface area contributed by atoms with E-state index in [1.165, 1.54) is 10.6 Å². The quantitative estimate of drug-likeness (QED) is 0.685. The number of benzene rings is 1. The first-order valence-corrected chi connectivity index (χ1v) is 8.14. The Bertz CT molecular complexity index is 887. The molecule has 8 heteroatoms. The smallest absolute Gasteiger partial charge is 0.272 e. The van der Waals surface area contributed by atoms with Crippen LogP contribution in [-0.4, -0.2) is 20.3 Å². The van der Waals surface area contributed by atoms with E-state index in [0.717, 1.165) is 10.2 Å². The number of amides is 1. The summed E-state index contributed by atoms with van der Waals surface area (Å²) in [5, 5.41) is 7.75. The number of nitrogens with one attached hydrogen (secondary N) is 1. The minimum Gasteiger partial charge on any atom is -0.329 e. The highest BCUT2D eigenvalue weighted by atomic mass is 79.9. The predicted octanol–water partition coefficient (Wildman–Crippen LogP) is 4.53. The predicted molar refractivity (Wildman–Crippen MR) is 94.7 cm³/mol. The zero-order chi connectivity index (χ0) is 16.6. The lowest BCUT2D eigenvalue weighted by Gasteiger charge is -2.11. The Labute approximate surface area is 150 Å². The fraction of sp³-hybridized carbons (Fsp3) is 0.0667. The third-order valence-electron chi connectivity index (χ3n) is 3.30. The molecule has 118 valence electrons. The number of halogens is 3. The first kappa shape index (κ1) is 16.1. The number of rotatable bonds is 3. The van der Waals surface area contributed by atoms with Gasteiger partial charge in [-0.2, -0.15) is 5.10 Å². The monoisotopic (exact) mass is 412 g/mol. The molecule has 1 N–H and O–H groups in total. The van der Waals surface area contributed by atoms with Gasteiger partial charge >= 0.3 is 0 Å². The van der Waals surface area contributed by atoms with Crippen LogP contribution in [-0.2, 0) is 7.05 Å². The van der Waals surface area contributed by atoms with Gasteiger partial charge in [0.25, 0.3) is 5.91 Å². The summed E-state index contributed by atoms with van der Waals surface area (Å²) in [7, 11) is 1.68. The lowest BCUT2D eigenvalue weighted by atomic mass is 10.2. The maximum Gasteiger partial charge on any atom is 0.272 e. The van der Waals surface area contributed by atoms with Gasteiger partial charge in [-0.05, 0) is 34.1 Å². The topological polar surface area (TPSA) is 51.9 Å². The maximum absolute atomic E-state index is 12.5. The molecule has 2 aromatic heterocycles. The molecule has 0 aliphatic rings. The number of nitrogens with zero attached hydrogens (tertiary/aromatic N) is 3. The summed E-state index contributed by atoms with van der Waals surface area (Å²) < 4.78 is 4.05. The molecule has 3 aromatic rings. The summed E-state index contributed by atoms with van der Waals surface area (Å²) >= 11 is 15.3. The van der Waals surface area contributed by atoms with E-state index in [-0.39, 0.29) is 5.91 Å². The Kier molecular flexibility index (Phi) is 4.48. The van der Waals surface area contributed by atoms with Crippen LogP contribution in [0.2, 0.25) is 10.2 Å². The van der Waals surface area contributed by atoms with E-state index in [2.05, 4.69) is 26.3 Å². The van der Waals surface area contributed by atoms with E-state index >= 15 is 0 Å². The van der Waals surface area contributed by atoms with Gasteiger partial charge in [0.2, 0.25) is 0 Å². The molecule has 0 aliphatic carbocycles. The van der Waals surface area contributed by atoms with Gasteiger partial charge in [-0.1, -0.05) is 35.3 Å². The Morgan fingerprint density at radius 3 is 2.65 bits per heavy atom. The molecular weight excluding hydrogens is 403 g/mol. The second-order valence-corrected chi connectivity index (χ2v) is 6.48. The number of anilines is 1. The van der Waals surface area contributed by atoms with Crippen molar-refractivity contribution in [2.75, 3.05) is 5.32 Å². The first-order valence-electron chi connectivity index (χ1n) is 6.59. The highest BCUT2D eigenvalue weighted by Crippen LogP contribution is 2.27. The molecule has 0 bridgehead atoms. The molecule has 0 saturated heterocycles. The summed E-state index contributed by atoms with van der Waals surface area (Å²) in [6.07, 6.45) is 3.48. The van der Waals surface area contributed by atoms with Crippen LogP contribution in [0.3, 0.4) is 0 Å². The van der Waals surface area contributed by atoms with Crippen molar-refractivity contribution < 1.29 is 4.79 Å². The van der Waals surface area contributed by atoms with Crippen molar-refractivity contribution in [2.24, 2.45) is 7.05 Å². The largest absolute Gasteiger partial charge is 0.329 e. The van der Waals surface area contributed by atoms with Crippen molar-refractivity contribution in [3.8, 4) is 5.69 Å². The standard InChI is InChI=1S/C15H11BrCl2N4O/c1-21-13(6-10(17)14(21)18)15(23)20-11-4-2-3-5-12(11)22-8-9(16)7-19-22/h2-8H,1H3,(H,20,23). The second-order valence-electron chi connectivity index (χ2n) is 4.80. The van der Waals surface area contributed by atoms with Crippen LogP contribution in [0.1, 0.15) is 10.5 Å². The molecule has 0 aliphatic heterocycles. The molecule has 2 heterocycles. The van der Waals surface area contributed by atoms with Crippen molar-refractivity contribution in [3.05, 3.63) is 63.1 Å².